The van der Waals surface area contributed by atoms with Crippen molar-refractivity contribution in [1.82, 2.24) is 15.1 Å². The number of hydrogen-bond acceptors (Lipinski definition) is 4. The Bertz CT molecular complexity index is 378. The number of carbonyl (C=O) groups excluding carboxylic acids is 1. The molecule has 2 aliphatic heterocycles. The molecule has 2 atom stereocenters. The second-order valence-electron chi connectivity index (χ2n) is 5.81. The summed E-state index contributed by atoms with van der Waals surface area (Å²) in [5.41, 5.74) is 0. The zero-order valence-corrected chi connectivity index (χ0v) is 13.4. The Morgan fingerprint density at radius 3 is 2.90 bits per heavy atom. The number of likely N-dealkylation sites (tertiary alicyclic amines) is 1. The van der Waals surface area contributed by atoms with Crippen LogP contribution in [0.2, 0.25) is 0 Å². The molecule has 2 saturated heterocycles. The molecule has 2 heterocycles. The minimum absolute atomic E-state index is 0.0300. The molecule has 0 bridgehead atoms. The van der Waals surface area contributed by atoms with Gasteiger partial charge in [-0.25, -0.2) is 4.79 Å². The van der Waals surface area contributed by atoms with Crippen LogP contribution >= 0.6 is 11.8 Å². The SMILES string of the molecule is CNCC1CCCN(C(=O)N2CCSCC2CC(=O)O)C1. The highest BCUT2D eigenvalue weighted by atomic mass is 32.2. The average molecular weight is 315 g/mol. The molecule has 0 radical (unpaired) electrons. The number of rotatable bonds is 4. The monoisotopic (exact) mass is 315 g/mol. The molecule has 2 aliphatic rings. The Morgan fingerprint density at radius 1 is 1.38 bits per heavy atom. The Hall–Kier alpha value is -0.950. The lowest BCUT2D eigenvalue weighted by molar-refractivity contribution is -0.138. The second-order valence-corrected chi connectivity index (χ2v) is 6.96. The van der Waals surface area contributed by atoms with E-state index in [9.17, 15) is 9.59 Å². The summed E-state index contributed by atoms with van der Waals surface area (Å²) in [5.74, 6) is 1.30. The van der Waals surface area contributed by atoms with Crippen LogP contribution in [0.15, 0.2) is 0 Å². The Kier molecular flexibility index (Phi) is 6.17. The normalized spacial score (nSPS) is 26.7. The number of nitrogens with one attached hydrogen (secondary N) is 1. The maximum atomic E-state index is 12.7. The fraction of sp³-hybridized carbons (Fsp3) is 0.857. The van der Waals surface area contributed by atoms with Crippen molar-refractivity contribution < 1.29 is 14.7 Å². The van der Waals surface area contributed by atoms with Gasteiger partial charge < -0.3 is 20.2 Å². The van der Waals surface area contributed by atoms with Crippen LogP contribution < -0.4 is 5.32 Å². The maximum absolute atomic E-state index is 12.7. The molecule has 2 amide bonds. The fourth-order valence-corrected chi connectivity index (χ4v) is 4.22. The van der Waals surface area contributed by atoms with Gasteiger partial charge in [0.2, 0.25) is 0 Å². The number of carbonyl (C=O) groups is 2. The molecule has 0 aromatic heterocycles. The van der Waals surface area contributed by atoms with E-state index in [2.05, 4.69) is 5.32 Å². The van der Waals surface area contributed by atoms with E-state index in [-0.39, 0.29) is 18.5 Å². The number of hydrogen-bond donors (Lipinski definition) is 2. The van der Waals surface area contributed by atoms with Crippen LogP contribution in [0, 0.1) is 5.92 Å². The summed E-state index contributed by atoms with van der Waals surface area (Å²) < 4.78 is 0. The summed E-state index contributed by atoms with van der Waals surface area (Å²) in [6.07, 6.45) is 2.23. The highest BCUT2D eigenvalue weighted by Gasteiger charge is 2.33. The topological polar surface area (TPSA) is 72.9 Å². The zero-order valence-electron chi connectivity index (χ0n) is 12.6. The first-order valence-electron chi connectivity index (χ1n) is 7.61. The minimum atomic E-state index is -0.827. The van der Waals surface area contributed by atoms with E-state index in [0.29, 0.717) is 12.5 Å². The van der Waals surface area contributed by atoms with Crippen molar-refractivity contribution in [2.45, 2.75) is 25.3 Å². The van der Waals surface area contributed by atoms with E-state index in [1.54, 1.807) is 16.7 Å². The van der Waals surface area contributed by atoms with Gasteiger partial charge in [-0.3, -0.25) is 4.79 Å². The number of amides is 2. The second kappa shape index (κ2) is 7.89. The molecule has 0 aromatic carbocycles. The van der Waals surface area contributed by atoms with E-state index < -0.39 is 5.97 Å². The van der Waals surface area contributed by atoms with Crippen LogP contribution in [0.3, 0.4) is 0 Å². The first kappa shape index (κ1) is 16.4. The summed E-state index contributed by atoms with van der Waals surface area (Å²) >= 11 is 1.74. The largest absolute Gasteiger partial charge is 0.481 e. The van der Waals surface area contributed by atoms with E-state index >= 15 is 0 Å². The summed E-state index contributed by atoms with van der Waals surface area (Å²) in [6.45, 7) is 3.17. The van der Waals surface area contributed by atoms with Crippen LogP contribution in [-0.4, -0.2) is 77.7 Å². The number of aliphatic carboxylic acids is 1. The van der Waals surface area contributed by atoms with Crippen LogP contribution in [0.5, 0.6) is 0 Å². The van der Waals surface area contributed by atoms with Gasteiger partial charge >= 0.3 is 12.0 Å². The number of piperidine rings is 1. The molecule has 0 aliphatic carbocycles. The minimum Gasteiger partial charge on any atom is -0.481 e. The van der Waals surface area contributed by atoms with Crippen molar-refractivity contribution in [2.24, 2.45) is 5.92 Å². The third kappa shape index (κ3) is 4.51. The third-order valence-electron chi connectivity index (χ3n) is 4.17. The van der Waals surface area contributed by atoms with Gasteiger partial charge in [0.1, 0.15) is 0 Å². The van der Waals surface area contributed by atoms with Gasteiger partial charge in [-0.1, -0.05) is 0 Å². The van der Waals surface area contributed by atoms with Crippen molar-refractivity contribution in [3.8, 4) is 0 Å². The predicted molar refractivity (Wildman–Crippen MR) is 83.7 cm³/mol. The molecule has 2 N–H and O–H groups in total. The van der Waals surface area contributed by atoms with Crippen molar-refractivity contribution in [3.05, 3.63) is 0 Å². The van der Waals surface area contributed by atoms with Gasteiger partial charge in [0.05, 0.1) is 12.5 Å². The van der Waals surface area contributed by atoms with Crippen molar-refractivity contribution in [3.63, 3.8) is 0 Å². The van der Waals surface area contributed by atoms with Gasteiger partial charge in [0.25, 0.3) is 0 Å². The van der Waals surface area contributed by atoms with Crippen LogP contribution in [0.4, 0.5) is 4.79 Å². The molecule has 0 spiro atoms. The third-order valence-corrected chi connectivity index (χ3v) is 5.26. The number of thioether (sulfide) groups is 1. The molecule has 0 saturated carbocycles. The number of nitrogens with zero attached hydrogens (tertiary/aromatic N) is 2. The number of urea groups is 1. The van der Waals surface area contributed by atoms with Crippen molar-refractivity contribution in [2.75, 3.05) is 44.7 Å². The Morgan fingerprint density at radius 2 is 2.19 bits per heavy atom. The van der Waals surface area contributed by atoms with Gasteiger partial charge in [0, 0.05) is 31.1 Å². The maximum Gasteiger partial charge on any atom is 0.320 e. The molecule has 0 aromatic rings. The Balaban J connectivity index is 1.97. The average Bonchev–Trinajstić information content (AvgIpc) is 2.47. The molecule has 21 heavy (non-hydrogen) atoms. The quantitative estimate of drug-likeness (QED) is 0.807. The lowest BCUT2D eigenvalue weighted by Gasteiger charge is -2.41. The van der Waals surface area contributed by atoms with Crippen LogP contribution in [0.25, 0.3) is 0 Å². The van der Waals surface area contributed by atoms with Crippen molar-refractivity contribution >= 4 is 23.8 Å². The summed E-state index contributed by atoms with van der Waals surface area (Å²) in [6, 6.07) is -0.138. The molecule has 7 heteroatoms. The highest BCUT2D eigenvalue weighted by Crippen LogP contribution is 2.23. The van der Waals surface area contributed by atoms with Gasteiger partial charge in [-0.15, -0.1) is 0 Å². The fourth-order valence-electron chi connectivity index (χ4n) is 3.15. The van der Waals surface area contributed by atoms with Gasteiger partial charge in [-0.2, -0.15) is 11.8 Å². The molecule has 2 fully saturated rings. The highest BCUT2D eigenvalue weighted by molar-refractivity contribution is 7.99. The summed E-state index contributed by atoms with van der Waals surface area (Å²) in [7, 11) is 1.94. The predicted octanol–water partition coefficient (Wildman–Crippen LogP) is 0.930. The van der Waals surface area contributed by atoms with E-state index in [1.165, 1.54) is 0 Å². The smallest absolute Gasteiger partial charge is 0.320 e. The first-order chi connectivity index (χ1) is 10.1. The summed E-state index contributed by atoms with van der Waals surface area (Å²) in [4.78, 5) is 27.4. The standard InChI is InChI=1S/C14H25N3O3S/c1-15-8-11-3-2-4-16(9-11)14(20)17-5-6-21-10-12(17)7-13(18)19/h11-12,15H,2-10H2,1H3,(H,18,19). The zero-order chi connectivity index (χ0) is 15.2. The molecule has 6 nitrogen and oxygen atoms in total. The number of carboxylic acids is 1. The Labute approximate surface area is 130 Å². The molecular formula is C14H25N3O3S. The van der Waals surface area contributed by atoms with E-state index in [0.717, 1.165) is 44.0 Å². The van der Waals surface area contributed by atoms with Gasteiger partial charge in [0.15, 0.2) is 0 Å². The molecule has 2 unspecified atom stereocenters. The van der Waals surface area contributed by atoms with E-state index in [4.69, 9.17) is 5.11 Å². The first-order valence-corrected chi connectivity index (χ1v) is 8.77. The molecule has 2 rings (SSSR count). The van der Waals surface area contributed by atoms with Crippen molar-refractivity contribution in [1.29, 1.82) is 0 Å². The van der Waals surface area contributed by atoms with E-state index in [1.807, 2.05) is 11.9 Å². The summed E-state index contributed by atoms with van der Waals surface area (Å²) in [5, 5.41) is 12.2. The lowest BCUT2D eigenvalue weighted by Crippen LogP contribution is -2.55. The molecular weight excluding hydrogens is 290 g/mol. The number of carboxylic acid groups (broad SMARTS) is 1. The lowest BCUT2D eigenvalue weighted by atomic mass is 9.98. The van der Waals surface area contributed by atoms with Crippen LogP contribution in [0.1, 0.15) is 19.3 Å². The van der Waals surface area contributed by atoms with Gasteiger partial charge in [-0.05, 0) is 32.4 Å². The van der Waals surface area contributed by atoms with Crippen LogP contribution in [-0.2, 0) is 4.79 Å². The molecule has 120 valence electrons.